The maximum Gasteiger partial charge on any atom is 0.261 e. The highest BCUT2D eigenvalue weighted by molar-refractivity contribution is 6.21. The molecule has 4 aromatic carbocycles. The van der Waals surface area contributed by atoms with Gasteiger partial charge in [-0.25, -0.2) is 0 Å². The standard InChI is InChI=1S/C41H31NO8/c1-5-13-45-32-19-30(20-33(23-32)46-14-6-2)27-49-36-17-29(26-42-40(43)38-11-9-10-12-39(38)41(42)44)18-37(25-36)50-28-31-21-34(47-15-7-3)24-35(22-31)48-16-8-4/h1-4,9-12,17-25H,13-16,26-28H2. The molecule has 50 heavy (non-hydrogen) atoms. The number of hydrogen-bond acceptors (Lipinski definition) is 8. The van der Waals surface area contributed by atoms with Gasteiger partial charge in [0.1, 0.15) is 74.1 Å². The van der Waals surface area contributed by atoms with Crippen molar-refractivity contribution in [2.45, 2.75) is 19.8 Å². The van der Waals surface area contributed by atoms with E-state index >= 15 is 0 Å². The minimum atomic E-state index is -0.383. The Hall–Kier alpha value is -6.94. The molecule has 9 nitrogen and oxygen atoms in total. The molecule has 0 N–H and O–H groups in total. The smallest absolute Gasteiger partial charge is 0.261 e. The summed E-state index contributed by atoms with van der Waals surface area (Å²) in [6.45, 7) is 0.441. The molecule has 0 spiro atoms. The summed E-state index contributed by atoms with van der Waals surface area (Å²) in [5.41, 5.74) is 2.73. The molecule has 9 heteroatoms. The molecular weight excluding hydrogens is 634 g/mol. The number of imide groups is 1. The van der Waals surface area contributed by atoms with Gasteiger partial charge in [-0.05, 0) is 65.2 Å². The van der Waals surface area contributed by atoms with E-state index in [9.17, 15) is 9.59 Å². The highest BCUT2D eigenvalue weighted by atomic mass is 16.5. The summed E-state index contributed by atoms with van der Waals surface area (Å²) >= 11 is 0. The van der Waals surface area contributed by atoms with Crippen LogP contribution in [0.25, 0.3) is 0 Å². The number of carbonyl (C=O) groups is 2. The summed E-state index contributed by atoms with van der Waals surface area (Å²) in [4.78, 5) is 27.5. The number of ether oxygens (including phenoxy) is 6. The number of benzene rings is 4. The summed E-state index contributed by atoms with van der Waals surface area (Å²) < 4.78 is 34.9. The molecule has 0 radical (unpaired) electrons. The van der Waals surface area contributed by atoms with Gasteiger partial charge >= 0.3 is 0 Å². The molecule has 0 aromatic heterocycles. The second kappa shape index (κ2) is 16.8. The second-order valence-corrected chi connectivity index (χ2v) is 10.7. The van der Waals surface area contributed by atoms with Crippen molar-refractivity contribution < 1.29 is 38.0 Å². The molecule has 0 saturated heterocycles. The molecule has 1 heterocycles. The number of rotatable bonds is 16. The van der Waals surface area contributed by atoms with Gasteiger partial charge in [0.05, 0.1) is 17.7 Å². The molecule has 0 atom stereocenters. The van der Waals surface area contributed by atoms with E-state index < -0.39 is 0 Å². The molecule has 0 bridgehead atoms. The Labute approximate surface area is 291 Å². The normalized spacial score (nSPS) is 11.3. The third kappa shape index (κ3) is 8.90. The number of fused-ring (bicyclic) bond motifs is 1. The molecule has 248 valence electrons. The van der Waals surface area contributed by atoms with Crippen molar-refractivity contribution in [1.82, 2.24) is 4.90 Å². The minimum Gasteiger partial charge on any atom is -0.489 e. The van der Waals surface area contributed by atoms with Crippen LogP contribution in [-0.2, 0) is 19.8 Å². The van der Waals surface area contributed by atoms with Crippen LogP contribution >= 0.6 is 0 Å². The van der Waals surface area contributed by atoms with E-state index in [1.54, 1.807) is 78.9 Å². The highest BCUT2D eigenvalue weighted by Gasteiger charge is 2.35. The maximum absolute atomic E-state index is 13.2. The van der Waals surface area contributed by atoms with E-state index in [0.717, 1.165) is 0 Å². The van der Waals surface area contributed by atoms with Crippen LogP contribution in [0.1, 0.15) is 37.4 Å². The van der Waals surface area contributed by atoms with Gasteiger partial charge in [-0.2, -0.15) is 0 Å². The predicted molar refractivity (Wildman–Crippen MR) is 186 cm³/mol. The van der Waals surface area contributed by atoms with Crippen LogP contribution in [0.2, 0.25) is 0 Å². The molecule has 0 unspecified atom stereocenters. The van der Waals surface area contributed by atoms with Crippen molar-refractivity contribution in [2.75, 3.05) is 26.4 Å². The topological polar surface area (TPSA) is 92.8 Å². The average molecular weight is 666 g/mol. The first-order chi connectivity index (χ1) is 24.4. The summed E-state index contributed by atoms with van der Waals surface area (Å²) in [7, 11) is 0. The average Bonchev–Trinajstić information content (AvgIpc) is 3.37. The van der Waals surface area contributed by atoms with Crippen LogP contribution < -0.4 is 28.4 Å². The Bertz CT molecular complexity index is 1840. The van der Waals surface area contributed by atoms with E-state index in [2.05, 4.69) is 23.7 Å². The van der Waals surface area contributed by atoms with E-state index in [1.807, 2.05) is 0 Å². The van der Waals surface area contributed by atoms with Crippen molar-refractivity contribution >= 4 is 11.8 Å². The first-order valence-corrected chi connectivity index (χ1v) is 15.3. The zero-order valence-corrected chi connectivity index (χ0v) is 27.0. The molecule has 5 rings (SSSR count). The molecule has 1 aliphatic rings. The number of nitrogens with zero attached hydrogens (tertiary/aromatic N) is 1. The van der Waals surface area contributed by atoms with Crippen LogP contribution in [0.15, 0.2) is 78.9 Å². The van der Waals surface area contributed by atoms with Crippen molar-refractivity contribution in [2.24, 2.45) is 0 Å². The maximum atomic E-state index is 13.2. The monoisotopic (exact) mass is 665 g/mol. The first kappa shape index (κ1) is 34.4. The second-order valence-electron chi connectivity index (χ2n) is 10.7. The van der Waals surface area contributed by atoms with E-state index in [-0.39, 0.29) is 58.0 Å². The fourth-order valence-electron chi connectivity index (χ4n) is 5.05. The third-order valence-electron chi connectivity index (χ3n) is 7.14. The zero-order chi connectivity index (χ0) is 35.3. The van der Waals surface area contributed by atoms with Crippen molar-refractivity contribution in [1.29, 1.82) is 0 Å². The lowest BCUT2D eigenvalue weighted by Gasteiger charge is -2.17. The SMILES string of the molecule is C#CCOc1cc(COc2cc(CN3C(=O)c4ccccc4C3=O)cc(OCc3cc(OCC#C)cc(OCC#C)c3)c2)cc(OCC#C)c1. The Morgan fingerprint density at radius 3 is 1.12 bits per heavy atom. The lowest BCUT2D eigenvalue weighted by atomic mass is 10.1. The largest absolute Gasteiger partial charge is 0.489 e. The van der Waals surface area contributed by atoms with Gasteiger partial charge in [-0.3, -0.25) is 14.5 Å². The number of hydrogen-bond donors (Lipinski definition) is 0. The Balaban J connectivity index is 1.41. The van der Waals surface area contributed by atoms with Crippen molar-refractivity contribution in [3.05, 3.63) is 107 Å². The van der Waals surface area contributed by atoms with Crippen LogP contribution in [-0.4, -0.2) is 43.1 Å². The van der Waals surface area contributed by atoms with Gasteiger partial charge < -0.3 is 28.4 Å². The summed E-state index contributed by atoms with van der Waals surface area (Å²) in [6.07, 6.45) is 21.5. The fraction of sp³-hybridized carbons (Fsp3) is 0.171. The fourth-order valence-corrected chi connectivity index (χ4v) is 5.05. The molecule has 0 fully saturated rings. The summed E-state index contributed by atoms with van der Waals surface area (Å²) in [6, 6.07) is 22.4. The van der Waals surface area contributed by atoms with Crippen LogP contribution in [0.4, 0.5) is 0 Å². The Morgan fingerprint density at radius 2 is 0.780 bits per heavy atom. The van der Waals surface area contributed by atoms with Gasteiger partial charge in [0, 0.05) is 18.2 Å². The van der Waals surface area contributed by atoms with Crippen LogP contribution in [0.3, 0.4) is 0 Å². The van der Waals surface area contributed by atoms with Gasteiger partial charge in [-0.15, -0.1) is 25.7 Å². The third-order valence-corrected chi connectivity index (χ3v) is 7.14. The predicted octanol–water partition coefficient (Wildman–Crippen LogP) is 5.69. The van der Waals surface area contributed by atoms with Crippen molar-refractivity contribution in [3.8, 4) is 83.9 Å². The first-order valence-electron chi connectivity index (χ1n) is 15.3. The number of carbonyl (C=O) groups excluding carboxylic acids is 2. The van der Waals surface area contributed by atoms with E-state index in [4.69, 9.17) is 54.1 Å². The minimum absolute atomic E-state index is 0.0150. The molecular formula is C41H31NO8. The molecule has 0 saturated carbocycles. The quantitative estimate of drug-likeness (QED) is 0.111. The highest BCUT2D eigenvalue weighted by Crippen LogP contribution is 2.31. The summed E-state index contributed by atoms with van der Waals surface area (Å²) in [5.74, 6) is 11.7. The number of amides is 2. The Morgan fingerprint density at radius 1 is 0.460 bits per heavy atom. The molecule has 1 aliphatic heterocycles. The molecule has 0 aliphatic carbocycles. The Kier molecular flexibility index (Phi) is 11.5. The lowest BCUT2D eigenvalue weighted by Crippen LogP contribution is -2.29. The van der Waals surface area contributed by atoms with E-state index in [1.165, 1.54) is 4.90 Å². The van der Waals surface area contributed by atoms with Gasteiger partial charge in [0.15, 0.2) is 0 Å². The van der Waals surface area contributed by atoms with Crippen molar-refractivity contribution in [3.63, 3.8) is 0 Å². The van der Waals surface area contributed by atoms with Gasteiger partial charge in [0.25, 0.3) is 11.8 Å². The van der Waals surface area contributed by atoms with Gasteiger partial charge in [0.2, 0.25) is 0 Å². The van der Waals surface area contributed by atoms with Gasteiger partial charge in [-0.1, -0.05) is 35.8 Å². The lowest BCUT2D eigenvalue weighted by molar-refractivity contribution is 0.0642. The zero-order valence-electron chi connectivity index (χ0n) is 27.0. The summed E-state index contributed by atoms with van der Waals surface area (Å²) in [5, 5.41) is 0. The van der Waals surface area contributed by atoms with E-state index in [0.29, 0.717) is 62.3 Å². The van der Waals surface area contributed by atoms with Crippen LogP contribution in [0.5, 0.6) is 34.5 Å². The molecule has 4 aromatic rings. The van der Waals surface area contributed by atoms with Crippen LogP contribution in [0, 0.1) is 49.4 Å². The number of terminal acetylenes is 4. The molecule has 2 amide bonds.